The van der Waals surface area contributed by atoms with Crippen LogP contribution in [0.5, 0.6) is 5.75 Å². The second-order valence-electron chi connectivity index (χ2n) is 1.95. The number of aromatic nitrogens is 1. The van der Waals surface area contributed by atoms with E-state index in [0.29, 0.717) is 11.8 Å². The molecule has 0 bridgehead atoms. The molecule has 0 radical (unpaired) electrons. The number of nitrogens with zero attached hydrogens (tertiary/aromatic N) is 1. The van der Waals surface area contributed by atoms with Gasteiger partial charge in [0.2, 0.25) is 0 Å². The van der Waals surface area contributed by atoms with Crippen LogP contribution in [0.2, 0.25) is 5.15 Å². The van der Waals surface area contributed by atoms with E-state index >= 15 is 0 Å². The Morgan fingerprint density at radius 2 is 2.45 bits per heavy atom. The Bertz CT molecular complexity index is 254. The van der Waals surface area contributed by atoms with Gasteiger partial charge in [0.25, 0.3) is 0 Å². The number of hydrogen-bond donors (Lipinski definition) is 0. The summed E-state index contributed by atoms with van der Waals surface area (Å²) in [6.45, 7) is 2.61. The second kappa shape index (κ2) is 3.98. The van der Waals surface area contributed by atoms with Gasteiger partial charge in [-0.25, -0.2) is 0 Å². The Morgan fingerprint density at radius 1 is 1.73 bits per heavy atom. The molecular formula is C7H9AsClNO. The number of ether oxygens (including phenoxy) is 1. The van der Waals surface area contributed by atoms with Crippen LogP contribution in [0, 0.1) is 0 Å². The molecule has 0 aliphatic heterocycles. The van der Waals surface area contributed by atoms with E-state index in [0.717, 1.165) is 10.1 Å². The summed E-state index contributed by atoms with van der Waals surface area (Å²) in [6, 6.07) is 1.83. The van der Waals surface area contributed by atoms with Crippen molar-refractivity contribution in [3.63, 3.8) is 0 Å². The molecule has 1 heterocycles. The van der Waals surface area contributed by atoms with E-state index in [1.54, 1.807) is 6.20 Å². The van der Waals surface area contributed by atoms with Gasteiger partial charge in [0.1, 0.15) is 0 Å². The molecule has 1 unspecified atom stereocenters. The van der Waals surface area contributed by atoms with Gasteiger partial charge in [0.05, 0.1) is 0 Å². The van der Waals surface area contributed by atoms with Crippen LogP contribution in [-0.2, 0) is 0 Å². The first-order chi connectivity index (χ1) is 5.25. The minimum atomic E-state index is 0.538. The Balaban J connectivity index is 2.96. The predicted molar refractivity (Wildman–Crippen MR) is 48.6 cm³/mol. The van der Waals surface area contributed by atoms with Crippen molar-refractivity contribution in [1.82, 2.24) is 4.98 Å². The summed E-state index contributed by atoms with van der Waals surface area (Å²) in [6.07, 6.45) is 1.65. The fraction of sp³-hybridized carbons (Fsp3) is 0.286. The van der Waals surface area contributed by atoms with Crippen molar-refractivity contribution >= 4 is 32.8 Å². The third-order valence-corrected chi connectivity index (χ3v) is 3.06. The van der Waals surface area contributed by atoms with Crippen molar-refractivity contribution in [2.24, 2.45) is 0 Å². The zero-order valence-corrected chi connectivity index (χ0v) is 9.35. The summed E-state index contributed by atoms with van der Waals surface area (Å²) in [5, 5.41) is 0.538. The Kier molecular flexibility index (Phi) is 3.22. The molecule has 0 N–H and O–H groups in total. The monoisotopic (exact) mass is 233 g/mol. The van der Waals surface area contributed by atoms with Crippen LogP contribution in [0.25, 0.3) is 0 Å². The molecule has 2 nitrogen and oxygen atoms in total. The first-order valence-electron chi connectivity index (χ1n) is 3.28. The van der Waals surface area contributed by atoms with E-state index in [1.807, 2.05) is 13.0 Å². The first kappa shape index (κ1) is 8.89. The maximum absolute atomic E-state index is 5.77. The molecule has 0 amide bonds. The van der Waals surface area contributed by atoms with Crippen molar-refractivity contribution in [3.8, 4) is 5.75 Å². The van der Waals surface area contributed by atoms with E-state index in [4.69, 9.17) is 16.3 Å². The van der Waals surface area contributed by atoms with E-state index in [9.17, 15) is 0 Å². The molecule has 0 aliphatic rings. The molecule has 0 aliphatic carbocycles. The SMILES string of the molecule is CCOc1ccnc(Cl)c1[AsH2]. The van der Waals surface area contributed by atoms with Crippen LogP contribution in [0.15, 0.2) is 12.3 Å². The van der Waals surface area contributed by atoms with Gasteiger partial charge in [-0.2, -0.15) is 0 Å². The maximum atomic E-state index is 5.77. The van der Waals surface area contributed by atoms with Crippen LogP contribution in [0.3, 0.4) is 0 Å². The quantitative estimate of drug-likeness (QED) is 0.545. The molecule has 0 aromatic carbocycles. The van der Waals surface area contributed by atoms with Gasteiger partial charge in [0, 0.05) is 0 Å². The average Bonchev–Trinajstić information content (AvgIpc) is 1.99. The molecule has 0 fully saturated rings. The topological polar surface area (TPSA) is 22.1 Å². The molecule has 4 heteroatoms. The van der Waals surface area contributed by atoms with E-state index < -0.39 is 0 Å². The van der Waals surface area contributed by atoms with Crippen LogP contribution in [0.1, 0.15) is 6.92 Å². The molecule has 1 aromatic rings. The summed E-state index contributed by atoms with van der Waals surface area (Å²) in [5.41, 5.74) is 0. The molecule has 60 valence electrons. The summed E-state index contributed by atoms with van der Waals surface area (Å²) in [7, 11) is 0. The summed E-state index contributed by atoms with van der Waals surface area (Å²) in [5.74, 6) is 0.840. The van der Waals surface area contributed by atoms with Gasteiger partial charge in [-0.1, -0.05) is 0 Å². The van der Waals surface area contributed by atoms with Crippen molar-refractivity contribution in [1.29, 1.82) is 0 Å². The molecule has 1 aromatic heterocycles. The van der Waals surface area contributed by atoms with Gasteiger partial charge < -0.3 is 0 Å². The zero-order valence-electron chi connectivity index (χ0n) is 6.17. The first-order valence-corrected chi connectivity index (χ1v) is 4.87. The van der Waals surface area contributed by atoms with Crippen molar-refractivity contribution < 1.29 is 4.74 Å². The van der Waals surface area contributed by atoms with Crippen molar-refractivity contribution in [2.45, 2.75) is 6.92 Å². The molecule has 0 spiro atoms. The van der Waals surface area contributed by atoms with Gasteiger partial charge in [-0.15, -0.1) is 0 Å². The normalized spacial score (nSPS) is 9.73. The van der Waals surface area contributed by atoms with Gasteiger partial charge >= 0.3 is 79.2 Å². The standard InChI is InChI=1S/C7H9AsClNO/c1-2-11-5-3-4-10-7(9)6(5)8/h3-4H,2,8H2,1H3. The van der Waals surface area contributed by atoms with Gasteiger partial charge in [-0.3, -0.25) is 0 Å². The summed E-state index contributed by atoms with van der Waals surface area (Å²) in [4.78, 5) is 3.92. The van der Waals surface area contributed by atoms with Gasteiger partial charge in [0.15, 0.2) is 0 Å². The molecule has 1 atom stereocenters. The molecule has 0 saturated carbocycles. The Hall–Kier alpha value is -0.202. The third kappa shape index (κ3) is 2.11. The second-order valence-corrected chi connectivity index (χ2v) is 3.52. The minimum absolute atomic E-state index is 0.538. The van der Waals surface area contributed by atoms with E-state index in [-0.39, 0.29) is 0 Å². The molecule has 11 heavy (non-hydrogen) atoms. The summed E-state index contributed by atoms with van der Waals surface area (Å²) < 4.78 is 6.27. The number of rotatable bonds is 2. The van der Waals surface area contributed by atoms with E-state index in [1.165, 1.54) is 16.9 Å². The number of halogens is 1. The van der Waals surface area contributed by atoms with Gasteiger partial charge in [-0.05, 0) is 0 Å². The van der Waals surface area contributed by atoms with Crippen LogP contribution in [0.4, 0.5) is 0 Å². The fourth-order valence-electron chi connectivity index (χ4n) is 0.713. The summed E-state index contributed by atoms with van der Waals surface area (Å²) >= 11 is 7.21. The zero-order chi connectivity index (χ0) is 8.27. The van der Waals surface area contributed by atoms with Crippen molar-refractivity contribution in [2.75, 3.05) is 6.61 Å². The predicted octanol–water partition coefficient (Wildman–Crippen LogP) is 0.392. The van der Waals surface area contributed by atoms with Crippen LogP contribution in [-0.4, -0.2) is 28.4 Å². The van der Waals surface area contributed by atoms with Crippen LogP contribution < -0.4 is 9.09 Å². The molecule has 0 saturated heterocycles. The third-order valence-electron chi connectivity index (χ3n) is 1.20. The number of hydrogen-bond acceptors (Lipinski definition) is 2. The average molecular weight is 234 g/mol. The molecular weight excluding hydrogens is 224 g/mol. The fourth-order valence-corrected chi connectivity index (χ4v) is 1.40. The van der Waals surface area contributed by atoms with Crippen LogP contribution >= 0.6 is 11.6 Å². The number of pyridine rings is 1. The molecule has 1 rings (SSSR count). The van der Waals surface area contributed by atoms with Crippen molar-refractivity contribution in [3.05, 3.63) is 17.4 Å². The van der Waals surface area contributed by atoms with E-state index in [2.05, 4.69) is 4.98 Å². The Labute approximate surface area is 79.4 Å². The Morgan fingerprint density at radius 3 is 3.09 bits per heavy atom.